The van der Waals surface area contributed by atoms with Crippen LogP contribution >= 0.6 is 0 Å². The Hall–Kier alpha value is -0.610. The molecular weight excluding hydrogens is 204 g/mol. The Morgan fingerprint density at radius 3 is 2.56 bits per heavy atom. The Kier molecular flexibility index (Phi) is 3.22. The van der Waals surface area contributed by atoms with Gasteiger partial charge in [-0.25, -0.2) is 0 Å². The summed E-state index contributed by atoms with van der Waals surface area (Å²) in [6.45, 7) is 6.23. The van der Waals surface area contributed by atoms with Crippen molar-refractivity contribution < 1.29 is 9.90 Å². The van der Waals surface area contributed by atoms with Crippen LogP contribution in [0.3, 0.4) is 0 Å². The van der Waals surface area contributed by atoms with E-state index < -0.39 is 5.97 Å². The van der Waals surface area contributed by atoms with Crippen molar-refractivity contribution in [3.63, 3.8) is 0 Å². The Balaban J connectivity index is 2.07. The minimum Gasteiger partial charge on any atom is -0.480 e. The first-order chi connectivity index (χ1) is 7.50. The van der Waals surface area contributed by atoms with Crippen LogP contribution in [0.4, 0.5) is 0 Å². The number of hydrogen-bond donors (Lipinski definition) is 1. The summed E-state index contributed by atoms with van der Waals surface area (Å²) in [5.41, 5.74) is 0. The van der Waals surface area contributed by atoms with Crippen molar-refractivity contribution in [2.75, 3.05) is 20.1 Å². The molecule has 0 spiro atoms. The van der Waals surface area contributed by atoms with Crippen LogP contribution in [0, 0.1) is 5.92 Å². The van der Waals surface area contributed by atoms with E-state index in [1.807, 2.05) is 0 Å². The third-order valence-electron chi connectivity index (χ3n) is 4.33. The lowest BCUT2D eigenvalue weighted by molar-refractivity contribution is -0.144. The van der Waals surface area contributed by atoms with Crippen LogP contribution in [-0.2, 0) is 4.79 Å². The van der Waals surface area contributed by atoms with Gasteiger partial charge in [-0.15, -0.1) is 0 Å². The van der Waals surface area contributed by atoms with Gasteiger partial charge in [-0.2, -0.15) is 0 Å². The molecule has 4 nitrogen and oxygen atoms in total. The fourth-order valence-electron chi connectivity index (χ4n) is 3.17. The summed E-state index contributed by atoms with van der Waals surface area (Å²) in [7, 11) is 2.12. The molecule has 4 atom stereocenters. The van der Waals surface area contributed by atoms with Crippen LogP contribution in [0.2, 0.25) is 0 Å². The normalized spacial score (nSPS) is 41.7. The van der Waals surface area contributed by atoms with Crippen LogP contribution in [0.15, 0.2) is 0 Å². The van der Waals surface area contributed by atoms with E-state index in [9.17, 15) is 9.90 Å². The highest BCUT2D eigenvalue weighted by Crippen LogP contribution is 2.31. The average molecular weight is 226 g/mol. The molecule has 2 aliphatic rings. The summed E-state index contributed by atoms with van der Waals surface area (Å²) < 4.78 is 0. The predicted octanol–water partition coefficient (Wildman–Crippen LogP) is 0.874. The maximum atomic E-state index is 11.3. The lowest BCUT2D eigenvalue weighted by atomic mass is 10.0. The van der Waals surface area contributed by atoms with Gasteiger partial charge in [0.25, 0.3) is 0 Å². The second kappa shape index (κ2) is 4.34. The van der Waals surface area contributed by atoms with Crippen LogP contribution < -0.4 is 0 Å². The van der Waals surface area contributed by atoms with E-state index in [1.165, 1.54) is 0 Å². The van der Waals surface area contributed by atoms with Gasteiger partial charge in [0.2, 0.25) is 0 Å². The fourth-order valence-corrected chi connectivity index (χ4v) is 3.17. The summed E-state index contributed by atoms with van der Waals surface area (Å²) in [6.07, 6.45) is 2.12. The summed E-state index contributed by atoms with van der Waals surface area (Å²) in [5, 5.41) is 9.29. The Labute approximate surface area is 97.2 Å². The van der Waals surface area contributed by atoms with Gasteiger partial charge in [0, 0.05) is 18.6 Å². The summed E-state index contributed by atoms with van der Waals surface area (Å²) in [6, 6.07) is 0.755. The molecule has 0 aromatic heterocycles. The van der Waals surface area contributed by atoms with Crippen molar-refractivity contribution >= 4 is 5.97 Å². The van der Waals surface area contributed by atoms with Gasteiger partial charge in [0.15, 0.2) is 0 Å². The zero-order valence-electron chi connectivity index (χ0n) is 10.4. The van der Waals surface area contributed by atoms with Crippen molar-refractivity contribution in [2.45, 2.75) is 44.8 Å². The van der Waals surface area contributed by atoms with Crippen molar-refractivity contribution in [3.8, 4) is 0 Å². The molecule has 2 fully saturated rings. The summed E-state index contributed by atoms with van der Waals surface area (Å²) in [4.78, 5) is 15.8. The molecule has 2 saturated heterocycles. The molecule has 2 heterocycles. The highest BCUT2D eigenvalue weighted by Gasteiger charge is 2.42. The largest absolute Gasteiger partial charge is 0.480 e. The molecule has 16 heavy (non-hydrogen) atoms. The van der Waals surface area contributed by atoms with Gasteiger partial charge >= 0.3 is 5.97 Å². The van der Waals surface area contributed by atoms with E-state index >= 15 is 0 Å². The van der Waals surface area contributed by atoms with Crippen LogP contribution in [-0.4, -0.2) is 59.1 Å². The maximum absolute atomic E-state index is 11.3. The second-order valence-corrected chi connectivity index (χ2v) is 5.46. The lowest BCUT2D eigenvalue weighted by Gasteiger charge is -2.29. The zero-order chi connectivity index (χ0) is 11.9. The van der Waals surface area contributed by atoms with Crippen LogP contribution in [0.1, 0.15) is 26.7 Å². The third kappa shape index (κ3) is 1.96. The van der Waals surface area contributed by atoms with Crippen molar-refractivity contribution in [3.05, 3.63) is 0 Å². The molecule has 2 rings (SSSR count). The van der Waals surface area contributed by atoms with E-state index in [1.54, 1.807) is 0 Å². The number of aliphatic carboxylic acids is 1. The van der Waals surface area contributed by atoms with Gasteiger partial charge in [-0.05, 0) is 39.3 Å². The molecule has 4 heteroatoms. The number of carbonyl (C=O) groups is 1. The molecule has 4 unspecified atom stereocenters. The first-order valence-electron chi connectivity index (χ1n) is 6.19. The SMILES string of the molecule is CC1CCN(C2CC(C)N(C)C2)C1C(=O)O. The fraction of sp³-hybridized carbons (Fsp3) is 0.917. The molecule has 1 N–H and O–H groups in total. The lowest BCUT2D eigenvalue weighted by Crippen LogP contribution is -2.46. The second-order valence-electron chi connectivity index (χ2n) is 5.46. The van der Waals surface area contributed by atoms with Gasteiger partial charge in [-0.1, -0.05) is 6.92 Å². The molecule has 0 radical (unpaired) electrons. The van der Waals surface area contributed by atoms with Crippen molar-refractivity contribution in [2.24, 2.45) is 5.92 Å². The van der Waals surface area contributed by atoms with E-state index in [-0.39, 0.29) is 6.04 Å². The molecular formula is C12H22N2O2. The molecule has 2 aliphatic heterocycles. The van der Waals surface area contributed by atoms with Gasteiger partial charge in [0.1, 0.15) is 6.04 Å². The van der Waals surface area contributed by atoms with Gasteiger partial charge in [-0.3, -0.25) is 9.69 Å². The van der Waals surface area contributed by atoms with Crippen LogP contribution in [0.25, 0.3) is 0 Å². The quantitative estimate of drug-likeness (QED) is 0.759. The van der Waals surface area contributed by atoms with Crippen molar-refractivity contribution in [1.82, 2.24) is 9.80 Å². The monoisotopic (exact) mass is 226 g/mol. The molecule has 0 saturated carbocycles. The van der Waals surface area contributed by atoms with Crippen molar-refractivity contribution in [1.29, 1.82) is 0 Å². The standard InChI is InChI=1S/C12H22N2O2/c1-8-4-5-14(11(8)12(15)16)10-6-9(2)13(3)7-10/h8-11H,4-7H2,1-3H3,(H,15,16). The van der Waals surface area contributed by atoms with E-state index in [0.29, 0.717) is 18.0 Å². The number of likely N-dealkylation sites (tertiary alicyclic amines) is 2. The van der Waals surface area contributed by atoms with Gasteiger partial charge in [0.05, 0.1) is 0 Å². The summed E-state index contributed by atoms with van der Waals surface area (Å²) in [5.74, 6) is -0.356. The van der Waals surface area contributed by atoms with E-state index in [0.717, 1.165) is 25.9 Å². The molecule has 0 amide bonds. The Morgan fingerprint density at radius 2 is 2.06 bits per heavy atom. The molecule has 0 aliphatic carbocycles. The smallest absolute Gasteiger partial charge is 0.321 e. The highest BCUT2D eigenvalue weighted by molar-refractivity contribution is 5.74. The third-order valence-corrected chi connectivity index (χ3v) is 4.33. The number of rotatable bonds is 2. The maximum Gasteiger partial charge on any atom is 0.321 e. The first-order valence-corrected chi connectivity index (χ1v) is 6.19. The zero-order valence-corrected chi connectivity index (χ0v) is 10.4. The Morgan fingerprint density at radius 1 is 1.38 bits per heavy atom. The number of carboxylic acid groups (broad SMARTS) is 1. The highest BCUT2D eigenvalue weighted by atomic mass is 16.4. The van der Waals surface area contributed by atoms with E-state index in [4.69, 9.17) is 0 Å². The minimum absolute atomic E-state index is 0.260. The number of hydrogen-bond acceptors (Lipinski definition) is 3. The molecule has 92 valence electrons. The number of likely N-dealkylation sites (N-methyl/N-ethyl adjacent to an activating group) is 1. The van der Waals surface area contributed by atoms with Gasteiger partial charge < -0.3 is 10.0 Å². The molecule has 0 aromatic carbocycles. The number of nitrogens with zero attached hydrogens (tertiary/aromatic N) is 2. The topological polar surface area (TPSA) is 43.8 Å². The molecule has 0 aromatic rings. The molecule has 0 bridgehead atoms. The summed E-state index contributed by atoms with van der Waals surface area (Å²) >= 11 is 0. The Bertz CT molecular complexity index is 272. The van der Waals surface area contributed by atoms with Crippen LogP contribution in [0.5, 0.6) is 0 Å². The predicted molar refractivity (Wildman–Crippen MR) is 62.4 cm³/mol. The average Bonchev–Trinajstić information content (AvgIpc) is 2.71. The van der Waals surface area contributed by atoms with E-state index in [2.05, 4.69) is 30.7 Å². The number of carboxylic acids is 1. The minimum atomic E-state index is -0.646. The first kappa shape index (κ1) is 11.9.